The number of rotatable bonds is 5. The second-order valence-corrected chi connectivity index (χ2v) is 7.50. The van der Waals surface area contributed by atoms with E-state index in [9.17, 15) is 9.90 Å². The molecule has 4 nitrogen and oxygen atoms in total. The molecule has 1 aliphatic heterocycles. The van der Waals surface area contributed by atoms with Gasteiger partial charge in [0.25, 0.3) is 0 Å². The van der Waals surface area contributed by atoms with Crippen LogP contribution in [0.3, 0.4) is 0 Å². The van der Waals surface area contributed by atoms with Crippen LogP contribution in [0.2, 0.25) is 5.02 Å². The third-order valence-corrected chi connectivity index (χ3v) is 5.72. The van der Waals surface area contributed by atoms with Crippen molar-refractivity contribution in [2.45, 2.75) is 65.0 Å². The lowest BCUT2D eigenvalue weighted by Crippen LogP contribution is -3.15. The van der Waals surface area contributed by atoms with Crippen LogP contribution < -0.4 is 10.5 Å². The van der Waals surface area contributed by atoms with Crippen molar-refractivity contribution in [2.75, 3.05) is 6.54 Å². The molecule has 1 fully saturated rings. The molecule has 0 radical (unpaired) electrons. The normalized spacial score (nSPS) is 20.9. The molecule has 1 aromatic carbocycles. The maximum absolute atomic E-state index is 12.1. The van der Waals surface area contributed by atoms with E-state index < -0.39 is 0 Å². The Morgan fingerprint density at radius 2 is 2.12 bits per heavy atom. The third kappa shape index (κ3) is 3.70. The summed E-state index contributed by atoms with van der Waals surface area (Å²) in [5, 5.41) is 11.8. The van der Waals surface area contributed by atoms with Crippen LogP contribution in [0.4, 0.5) is 0 Å². The molecule has 2 aromatic rings. The number of hydrogen-bond donors (Lipinski definition) is 2. The quantitative estimate of drug-likeness (QED) is 0.799. The van der Waals surface area contributed by atoms with Crippen LogP contribution in [-0.2, 0) is 13.0 Å². The number of fused-ring (bicyclic) bond motifs is 1. The number of phenolic OH excluding ortho intramolecular Hbond substituents is 1. The van der Waals surface area contributed by atoms with Gasteiger partial charge in [-0.1, -0.05) is 31.9 Å². The maximum atomic E-state index is 12.1. The molecule has 25 heavy (non-hydrogen) atoms. The number of nitrogens with one attached hydrogen (secondary N) is 1. The van der Waals surface area contributed by atoms with Crippen molar-refractivity contribution in [1.82, 2.24) is 0 Å². The standard InChI is InChI=1S/C20H26ClNO3/c1-3-7-13-10-18(23)25-20-15(13)11-17(21)19(24)16(20)12-22-9-6-5-8-14(22)4-2/h10-11,14,24H,3-9,12H2,1-2H3/p+1/t14-/m1/s1. The van der Waals surface area contributed by atoms with E-state index in [2.05, 4.69) is 13.8 Å². The highest BCUT2D eigenvalue weighted by Crippen LogP contribution is 2.35. The number of piperidine rings is 1. The van der Waals surface area contributed by atoms with Crippen molar-refractivity contribution in [2.24, 2.45) is 0 Å². The molecule has 3 rings (SSSR count). The predicted molar refractivity (Wildman–Crippen MR) is 101 cm³/mol. The molecular weight excluding hydrogens is 338 g/mol. The summed E-state index contributed by atoms with van der Waals surface area (Å²) in [5.41, 5.74) is 1.76. The highest BCUT2D eigenvalue weighted by Gasteiger charge is 2.28. The van der Waals surface area contributed by atoms with Crippen molar-refractivity contribution >= 4 is 22.6 Å². The van der Waals surface area contributed by atoms with Gasteiger partial charge in [0, 0.05) is 11.5 Å². The molecule has 2 atom stereocenters. The first-order chi connectivity index (χ1) is 12.0. The van der Waals surface area contributed by atoms with Crippen LogP contribution in [0.15, 0.2) is 21.3 Å². The molecule has 2 N–H and O–H groups in total. The highest BCUT2D eigenvalue weighted by molar-refractivity contribution is 6.33. The Morgan fingerprint density at radius 3 is 2.84 bits per heavy atom. The van der Waals surface area contributed by atoms with Crippen molar-refractivity contribution in [3.63, 3.8) is 0 Å². The Morgan fingerprint density at radius 1 is 1.32 bits per heavy atom. The van der Waals surface area contributed by atoms with E-state index in [-0.39, 0.29) is 11.4 Å². The lowest BCUT2D eigenvalue weighted by atomic mass is 9.97. The summed E-state index contributed by atoms with van der Waals surface area (Å²) >= 11 is 6.31. The molecule has 0 aliphatic carbocycles. The van der Waals surface area contributed by atoms with Gasteiger partial charge in [0.2, 0.25) is 0 Å². The Balaban J connectivity index is 2.12. The molecule has 0 bridgehead atoms. The van der Waals surface area contributed by atoms with Gasteiger partial charge in [0.05, 0.1) is 23.2 Å². The smallest absolute Gasteiger partial charge is 0.336 e. The number of quaternary nitrogens is 1. The number of halogens is 1. The summed E-state index contributed by atoms with van der Waals surface area (Å²) in [6.07, 6.45) is 6.49. The van der Waals surface area contributed by atoms with Crippen molar-refractivity contribution in [3.05, 3.63) is 38.7 Å². The topological polar surface area (TPSA) is 54.9 Å². The van der Waals surface area contributed by atoms with E-state index in [0.717, 1.165) is 36.8 Å². The second kappa shape index (κ2) is 7.79. The minimum atomic E-state index is -0.361. The number of benzene rings is 1. The lowest BCUT2D eigenvalue weighted by Gasteiger charge is -2.32. The number of aromatic hydroxyl groups is 1. The van der Waals surface area contributed by atoms with Gasteiger partial charge in [0.15, 0.2) is 5.58 Å². The van der Waals surface area contributed by atoms with Gasteiger partial charge in [-0.05, 0) is 43.7 Å². The summed E-state index contributed by atoms with van der Waals surface area (Å²) in [6, 6.07) is 3.85. The van der Waals surface area contributed by atoms with E-state index >= 15 is 0 Å². The third-order valence-electron chi connectivity index (χ3n) is 5.44. The first-order valence-electron chi connectivity index (χ1n) is 9.36. The fraction of sp³-hybridized carbons (Fsp3) is 0.550. The zero-order valence-electron chi connectivity index (χ0n) is 15.0. The molecule has 2 heterocycles. The van der Waals surface area contributed by atoms with Gasteiger partial charge in [0.1, 0.15) is 12.3 Å². The van der Waals surface area contributed by atoms with E-state index in [1.54, 1.807) is 12.1 Å². The first kappa shape index (κ1) is 18.3. The van der Waals surface area contributed by atoms with Crippen LogP contribution in [0.25, 0.3) is 11.0 Å². The van der Waals surface area contributed by atoms with Crippen LogP contribution in [0, 0.1) is 0 Å². The van der Waals surface area contributed by atoms with Gasteiger partial charge in [-0.15, -0.1) is 0 Å². The minimum absolute atomic E-state index is 0.0545. The Bertz CT molecular complexity index is 815. The summed E-state index contributed by atoms with van der Waals surface area (Å²) in [6.45, 7) is 6.00. The summed E-state index contributed by atoms with van der Waals surface area (Å²) in [4.78, 5) is 13.5. The predicted octanol–water partition coefficient (Wildman–Crippen LogP) is 3.45. The van der Waals surface area contributed by atoms with Crippen LogP contribution in [-0.4, -0.2) is 17.7 Å². The molecule has 0 saturated carbocycles. The average Bonchev–Trinajstić information content (AvgIpc) is 2.60. The van der Waals surface area contributed by atoms with Crippen LogP contribution >= 0.6 is 11.6 Å². The Labute approximate surface area is 153 Å². The zero-order valence-corrected chi connectivity index (χ0v) is 15.8. The molecule has 1 saturated heterocycles. The highest BCUT2D eigenvalue weighted by atomic mass is 35.5. The molecular formula is C20H27ClNO3+. The summed E-state index contributed by atoms with van der Waals surface area (Å²) < 4.78 is 5.54. The van der Waals surface area contributed by atoms with E-state index in [0.29, 0.717) is 28.8 Å². The number of hydrogen-bond acceptors (Lipinski definition) is 3. The summed E-state index contributed by atoms with van der Waals surface area (Å²) in [7, 11) is 0. The van der Waals surface area contributed by atoms with Gasteiger partial charge in [-0.3, -0.25) is 0 Å². The number of likely N-dealkylation sites (tertiary alicyclic amines) is 1. The van der Waals surface area contributed by atoms with Gasteiger partial charge in [-0.25, -0.2) is 4.79 Å². The van der Waals surface area contributed by atoms with Crippen LogP contribution in [0.1, 0.15) is 57.1 Å². The monoisotopic (exact) mass is 364 g/mol. The molecule has 1 unspecified atom stereocenters. The molecule has 136 valence electrons. The van der Waals surface area contributed by atoms with Crippen LogP contribution in [0.5, 0.6) is 5.75 Å². The largest absolute Gasteiger partial charge is 0.506 e. The first-order valence-corrected chi connectivity index (χ1v) is 9.74. The summed E-state index contributed by atoms with van der Waals surface area (Å²) in [5.74, 6) is 0.0545. The Hall–Kier alpha value is -1.52. The minimum Gasteiger partial charge on any atom is -0.506 e. The lowest BCUT2D eigenvalue weighted by molar-refractivity contribution is -0.944. The molecule has 0 amide bonds. The van der Waals surface area contributed by atoms with Crippen molar-refractivity contribution in [1.29, 1.82) is 0 Å². The van der Waals surface area contributed by atoms with E-state index in [1.807, 2.05) is 0 Å². The maximum Gasteiger partial charge on any atom is 0.336 e. The molecule has 0 spiro atoms. The fourth-order valence-corrected chi connectivity index (χ4v) is 4.35. The number of phenols is 1. The molecule has 5 heteroatoms. The Kier molecular flexibility index (Phi) is 5.70. The average molecular weight is 365 g/mol. The second-order valence-electron chi connectivity index (χ2n) is 7.09. The van der Waals surface area contributed by atoms with E-state index in [1.165, 1.54) is 24.2 Å². The molecule has 1 aliphatic rings. The molecule has 1 aromatic heterocycles. The SMILES string of the molecule is CCCc1cc(=O)oc2c(C[NH+]3CCCC[C@H]3CC)c(O)c(Cl)cc12. The van der Waals surface area contributed by atoms with Crippen molar-refractivity contribution in [3.8, 4) is 5.75 Å². The number of aryl methyl sites for hydroxylation is 1. The fourth-order valence-electron chi connectivity index (χ4n) is 4.12. The van der Waals surface area contributed by atoms with Crippen molar-refractivity contribution < 1.29 is 14.4 Å². The van der Waals surface area contributed by atoms with E-state index in [4.69, 9.17) is 16.0 Å². The zero-order chi connectivity index (χ0) is 18.0. The van der Waals surface area contributed by atoms with Gasteiger partial charge < -0.3 is 14.4 Å². The van der Waals surface area contributed by atoms with Gasteiger partial charge >= 0.3 is 5.63 Å². The van der Waals surface area contributed by atoms with Gasteiger partial charge in [-0.2, -0.15) is 0 Å².